The highest BCUT2D eigenvalue weighted by molar-refractivity contribution is 6.05. The average Bonchev–Trinajstić information content (AvgIpc) is 2.91. The lowest BCUT2D eigenvalue weighted by molar-refractivity contribution is -0.139. The lowest BCUT2D eigenvalue weighted by atomic mass is 9.90. The third-order valence-electron chi connectivity index (χ3n) is 3.63. The molecular formula is C15H14N2O4. The van der Waals surface area contributed by atoms with Gasteiger partial charge in [-0.2, -0.15) is 0 Å². The van der Waals surface area contributed by atoms with Crippen LogP contribution < -0.4 is 4.90 Å². The Balaban J connectivity index is 2.00. The molecule has 1 aliphatic rings. The highest BCUT2D eigenvalue weighted by atomic mass is 16.5. The minimum atomic E-state index is -0.870. The summed E-state index contributed by atoms with van der Waals surface area (Å²) in [6.07, 6.45) is 0.380. The van der Waals surface area contributed by atoms with Crippen LogP contribution in [0.4, 0.5) is 5.69 Å². The molecule has 1 aromatic heterocycles. The maximum Gasteiger partial charge on any atom is 0.311 e. The summed E-state index contributed by atoms with van der Waals surface area (Å²) >= 11 is 0. The molecule has 0 saturated heterocycles. The van der Waals surface area contributed by atoms with Crippen molar-refractivity contribution in [3.05, 3.63) is 47.3 Å². The van der Waals surface area contributed by atoms with Gasteiger partial charge in [0.2, 0.25) is 5.76 Å². The number of para-hydroxylation sites is 1. The van der Waals surface area contributed by atoms with Crippen LogP contribution in [0.15, 0.2) is 34.9 Å². The number of hydrogen-bond donors (Lipinski definition) is 1. The van der Waals surface area contributed by atoms with Gasteiger partial charge in [-0.05, 0) is 25.0 Å². The Bertz CT molecular complexity index is 707. The van der Waals surface area contributed by atoms with E-state index in [1.165, 1.54) is 0 Å². The Morgan fingerprint density at radius 1 is 1.38 bits per heavy atom. The average molecular weight is 286 g/mol. The highest BCUT2D eigenvalue weighted by Gasteiger charge is 2.33. The van der Waals surface area contributed by atoms with Crippen molar-refractivity contribution in [3.8, 4) is 0 Å². The number of carbonyl (C=O) groups is 2. The molecule has 6 heteroatoms. The number of aryl methyl sites for hydroxylation is 1. The summed E-state index contributed by atoms with van der Waals surface area (Å²) in [6.45, 7) is 2.08. The first-order valence-electron chi connectivity index (χ1n) is 6.65. The largest absolute Gasteiger partial charge is 0.481 e. The van der Waals surface area contributed by atoms with Gasteiger partial charge in [-0.1, -0.05) is 23.4 Å². The van der Waals surface area contributed by atoms with Crippen LogP contribution >= 0.6 is 0 Å². The minimum absolute atomic E-state index is 0.163. The summed E-state index contributed by atoms with van der Waals surface area (Å²) < 4.78 is 5.01. The van der Waals surface area contributed by atoms with Crippen molar-refractivity contribution in [3.63, 3.8) is 0 Å². The fraction of sp³-hybridized carbons (Fsp3) is 0.267. The first kappa shape index (κ1) is 13.4. The molecule has 0 bridgehead atoms. The molecule has 1 aliphatic heterocycles. The lowest BCUT2D eigenvalue weighted by Gasteiger charge is -2.31. The Labute approximate surface area is 121 Å². The van der Waals surface area contributed by atoms with Gasteiger partial charge in [-0.3, -0.25) is 9.59 Å². The van der Waals surface area contributed by atoms with Crippen LogP contribution in [0.25, 0.3) is 0 Å². The SMILES string of the molecule is Cc1cc(C(=O)N2CCC(C(=O)O)c3ccccc32)on1. The molecule has 1 aromatic carbocycles. The smallest absolute Gasteiger partial charge is 0.311 e. The van der Waals surface area contributed by atoms with E-state index in [0.29, 0.717) is 29.9 Å². The number of carboxylic acid groups (broad SMARTS) is 1. The Hall–Kier alpha value is -2.63. The van der Waals surface area contributed by atoms with E-state index in [2.05, 4.69) is 5.16 Å². The fourth-order valence-corrected chi connectivity index (χ4v) is 2.63. The molecule has 0 saturated carbocycles. The zero-order chi connectivity index (χ0) is 15.0. The topological polar surface area (TPSA) is 83.6 Å². The van der Waals surface area contributed by atoms with Crippen molar-refractivity contribution in [2.75, 3.05) is 11.4 Å². The van der Waals surface area contributed by atoms with Crippen LogP contribution in [0.5, 0.6) is 0 Å². The summed E-state index contributed by atoms with van der Waals surface area (Å²) in [5.74, 6) is -1.59. The number of aliphatic carboxylic acids is 1. The van der Waals surface area contributed by atoms with Crippen molar-refractivity contribution in [2.24, 2.45) is 0 Å². The summed E-state index contributed by atoms with van der Waals surface area (Å²) in [5, 5.41) is 13.0. The number of amides is 1. The Morgan fingerprint density at radius 3 is 2.81 bits per heavy atom. The van der Waals surface area contributed by atoms with Crippen LogP contribution in [0.3, 0.4) is 0 Å². The van der Waals surface area contributed by atoms with Gasteiger partial charge in [0.25, 0.3) is 5.91 Å². The van der Waals surface area contributed by atoms with Crippen molar-refractivity contribution in [2.45, 2.75) is 19.3 Å². The zero-order valence-corrected chi connectivity index (χ0v) is 11.4. The molecule has 21 heavy (non-hydrogen) atoms. The van der Waals surface area contributed by atoms with Gasteiger partial charge in [0, 0.05) is 18.3 Å². The maximum atomic E-state index is 12.5. The molecule has 6 nitrogen and oxygen atoms in total. The van der Waals surface area contributed by atoms with E-state index in [9.17, 15) is 14.7 Å². The molecule has 0 aliphatic carbocycles. The van der Waals surface area contributed by atoms with Crippen LogP contribution in [-0.2, 0) is 4.79 Å². The first-order valence-corrected chi connectivity index (χ1v) is 6.65. The molecule has 1 N–H and O–H groups in total. The number of nitrogens with zero attached hydrogens (tertiary/aromatic N) is 2. The normalized spacial score (nSPS) is 17.4. The number of hydrogen-bond acceptors (Lipinski definition) is 4. The monoisotopic (exact) mass is 286 g/mol. The number of benzene rings is 1. The van der Waals surface area contributed by atoms with Gasteiger partial charge in [-0.15, -0.1) is 0 Å². The van der Waals surface area contributed by atoms with E-state index in [1.807, 2.05) is 0 Å². The van der Waals surface area contributed by atoms with Gasteiger partial charge in [-0.25, -0.2) is 0 Å². The number of rotatable bonds is 2. The molecule has 1 amide bonds. The molecule has 0 radical (unpaired) electrons. The second-order valence-electron chi connectivity index (χ2n) is 5.03. The summed E-state index contributed by atoms with van der Waals surface area (Å²) in [5.41, 5.74) is 1.91. The first-order chi connectivity index (χ1) is 10.1. The quantitative estimate of drug-likeness (QED) is 0.915. The van der Waals surface area contributed by atoms with E-state index in [0.717, 1.165) is 0 Å². The van der Waals surface area contributed by atoms with Crippen LogP contribution in [0.2, 0.25) is 0 Å². The minimum Gasteiger partial charge on any atom is -0.481 e. The molecular weight excluding hydrogens is 272 g/mol. The maximum absolute atomic E-state index is 12.5. The number of carboxylic acids is 1. The predicted molar refractivity (Wildman–Crippen MR) is 74.4 cm³/mol. The van der Waals surface area contributed by atoms with Gasteiger partial charge in [0.15, 0.2) is 0 Å². The van der Waals surface area contributed by atoms with E-state index in [4.69, 9.17) is 4.52 Å². The van der Waals surface area contributed by atoms with Crippen molar-refractivity contribution in [1.82, 2.24) is 5.16 Å². The number of carbonyl (C=O) groups excluding carboxylic acids is 1. The van der Waals surface area contributed by atoms with Crippen molar-refractivity contribution in [1.29, 1.82) is 0 Å². The highest BCUT2D eigenvalue weighted by Crippen LogP contribution is 2.36. The number of anilines is 1. The summed E-state index contributed by atoms with van der Waals surface area (Å²) in [7, 11) is 0. The molecule has 0 fully saturated rings. The van der Waals surface area contributed by atoms with E-state index in [1.54, 1.807) is 42.2 Å². The fourth-order valence-electron chi connectivity index (χ4n) is 2.63. The molecule has 3 rings (SSSR count). The number of fused-ring (bicyclic) bond motifs is 1. The number of aromatic nitrogens is 1. The van der Waals surface area contributed by atoms with Crippen LogP contribution in [0, 0.1) is 6.92 Å². The molecule has 2 aromatic rings. The van der Waals surface area contributed by atoms with Gasteiger partial charge in [0.1, 0.15) is 0 Å². The zero-order valence-electron chi connectivity index (χ0n) is 11.4. The lowest BCUT2D eigenvalue weighted by Crippen LogP contribution is -2.38. The molecule has 1 atom stereocenters. The predicted octanol–water partition coefficient (Wildman–Crippen LogP) is 2.20. The second-order valence-corrected chi connectivity index (χ2v) is 5.03. The van der Waals surface area contributed by atoms with E-state index >= 15 is 0 Å². The van der Waals surface area contributed by atoms with Crippen LogP contribution in [-0.4, -0.2) is 28.7 Å². The van der Waals surface area contributed by atoms with Crippen LogP contribution in [0.1, 0.15) is 34.2 Å². The third kappa shape index (κ3) is 2.29. The second kappa shape index (κ2) is 5.05. The van der Waals surface area contributed by atoms with Gasteiger partial charge >= 0.3 is 5.97 Å². The van der Waals surface area contributed by atoms with Crippen molar-refractivity contribution < 1.29 is 19.2 Å². The molecule has 2 heterocycles. The Morgan fingerprint density at radius 2 is 2.14 bits per heavy atom. The molecule has 1 unspecified atom stereocenters. The molecule has 108 valence electrons. The standard InChI is InChI=1S/C15H14N2O4/c1-9-8-13(21-16-9)14(18)17-7-6-11(15(19)20)10-4-2-3-5-12(10)17/h2-5,8,11H,6-7H2,1H3,(H,19,20). The van der Waals surface area contributed by atoms with Gasteiger partial charge in [0.05, 0.1) is 11.6 Å². The molecule has 0 spiro atoms. The summed E-state index contributed by atoms with van der Waals surface area (Å²) in [6, 6.07) is 8.65. The summed E-state index contributed by atoms with van der Waals surface area (Å²) in [4.78, 5) is 25.4. The van der Waals surface area contributed by atoms with Gasteiger partial charge < -0.3 is 14.5 Å². The van der Waals surface area contributed by atoms with Crippen molar-refractivity contribution >= 4 is 17.6 Å². The third-order valence-corrected chi connectivity index (χ3v) is 3.63. The Kier molecular flexibility index (Phi) is 3.21. The van der Waals surface area contributed by atoms with E-state index < -0.39 is 11.9 Å². The van der Waals surface area contributed by atoms with E-state index in [-0.39, 0.29) is 11.7 Å².